The lowest BCUT2D eigenvalue weighted by Gasteiger charge is -2.09. The van der Waals surface area contributed by atoms with Crippen LogP contribution >= 0.6 is 0 Å². The summed E-state index contributed by atoms with van der Waals surface area (Å²) in [6, 6.07) is 8.19. The number of anilines is 1. The minimum Gasteiger partial charge on any atom is -0.279 e. The van der Waals surface area contributed by atoms with Gasteiger partial charge in [-0.2, -0.15) is 5.10 Å². The van der Waals surface area contributed by atoms with Gasteiger partial charge in [-0.3, -0.25) is 5.43 Å². The van der Waals surface area contributed by atoms with Gasteiger partial charge in [0, 0.05) is 12.6 Å². The monoisotopic (exact) mass is 132 g/mol. The zero-order valence-corrected chi connectivity index (χ0v) is 5.54. The SMILES string of the molecule is C1=NNc2ccccc2C1. The van der Waals surface area contributed by atoms with E-state index in [0.29, 0.717) is 0 Å². The normalized spacial score (nSPS) is 14.0. The van der Waals surface area contributed by atoms with Crippen molar-refractivity contribution in [2.75, 3.05) is 5.43 Å². The summed E-state index contributed by atoms with van der Waals surface area (Å²) in [7, 11) is 0. The highest BCUT2D eigenvalue weighted by atomic mass is 15.3. The number of nitrogens with zero attached hydrogens (tertiary/aromatic N) is 1. The van der Waals surface area contributed by atoms with E-state index in [1.165, 1.54) is 5.56 Å². The molecule has 0 aromatic heterocycles. The van der Waals surface area contributed by atoms with Crippen LogP contribution in [0, 0.1) is 0 Å². The molecule has 1 N–H and O–H groups in total. The van der Waals surface area contributed by atoms with Crippen molar-refractivity contribution >= 4 is 11.9 Å². The van der Waals surface area contributed by atoms with Gasteiger partial charge in [0.25, 0.3) is 0 Å². The van der Waals surface area contributed by atoms with Crippen LogP contribution in [0.5, 0.6) is 0 Å². The Morgan fingerprint density at radius 1 is 1.30 bits per heavy atom. The third kappa shape index (κ3) is 0.778. The van der Waals surface area contributed by atoms with Crippen molar-refractivity contribution in [2.24, 2.45) is 5.10 Å². The molecule has 0 bridgehead atoms. The van der Waals surface area contributed by atoms with Crippen LogP contribution in [0.1, 0.15) is 5.56 Å². The van der Waals surface area contributed by atoms with Crippen molar-refractivity contribution in [3.05, 3.63) is 29.8 Å². The predicted octanol–water partition coefficient (Wildman–Crippen LogP) is 1.64. The van der Waals surface area contributed by atoms with Crippen LogP contribution < -0.4 is 5.43 Å². The molecule has 0 unspecified atom stereocenters. The second kappa shape index (κ2) is 2.14. The molecule has 1 aromatic carbocycles. The van der Waals surface area contributed by atoms with Crippen molar-refractivity contribution < 1.29 is 0 Å². The first kappa shape index (κ1) is 5.47. The summed E-state index contributed by atoms with van der Waals surface area (Å²) in [5.41, 5.74) is 5.38. The number of fused-ring (bicyclic) bond motifs is 1. The smallest absolute Gasteiger partial charge is 0.0597 e. The zero-order chi connectivity index (χ0) is 6.81. The Morgan fingerprint density at radius 3 is 3.10 bits per heavy atom. The van der Waals surface area contributed by atoms with Gasteiger partial charge in [-0.25, -0.2) is 0 Å². The van der Waals surface area contributed by atoms with Crippen LogP contribution in [0.2, 0.25) is 0 Å². The van der Waals surface area contributed by atoms with Crippen molar-refractivity contribution in [1.82, 2.24) is 0 Å². The van der Waals surface area contributed by atoms with Crippen molar-refractivity contribution in [2.45, 2.75) is 6.42 Å². The van der Waals surface area contributed by atoms with Crippen LogP contribution in [0.15, 0.2) is 29.4 Å². The van der Waals surface area contributed by atoms with Crippen LogP contribution in [-0.4, -0.2) is 6.21 Å². The highest BCUT2D eigenvalue weighted by molar-refractivity contribution is 5.71. The fourth-order valence-electron chi connectivity index (χ4n) is 1.07. The number of hydrazone groups is 1. The molecule has 0 spiro atoms. The van der Waals surface area contributed by atoms with Gasteiger partial charge < -0.3 is 0 Å². The molecule has 10 heavy (non-hydrogen) atoms. The Kier molecular flexibility index (Phi) is 1.17. The van der Waals surface area contributed by atoms with E-state index >= 15 is 0 Å². The summed E-state index contributed by atoms with van der Waals surface area (Å²) in [6.45, 7) is 0. The van der Waals surface area contributed by atoms with Crippen LogP contribution in [0.25, 0.3) is 0 Å². The second-order valence-electron chi connectivity index (χ2n) is 2.28. The average Bonchev–Trinajstić information content (AvgIpc) is 2.05. The number of hydrogen-bond donors (Lipinski definition) is 1. The van der Waals surface area contributed by atoms with Gasteiger partial charge in [0.2, 0.25) is 0 Å². The lowest BCUT2D eigenvalue weighted by molar-refractivity contribution is 1.21. The van der Waals surface area contributed by atoms with Crippen LogP contribution in [0.4, 0.5) is 5.69 Å². The summed E-state index contributed by atoms with van der Waals surface area (Å²) in [4.78, 5) is 0. The molecule has 0 amide bonds. The predicted molar refractivity (Wildman–Crippen MR) is 42.3 cm³/mol. The summed E-state index contributed by atoms with van der Waals surface area (Å²) < 4.78 is 0. The number of nitrogens with one attached hydrogen (secondary N) is 1. The first-order valence-corrected chi connectivity index (χ1v) is 3.32. The maximum absolute atomic E-state index is 3.94. The zero-order valence-electron chi connectivity index (χ0n) is 5.54. The summed E-state index contributed by atoms with van der Waals surface area (Å²) in [5, 5.41) is 3.94. The standard InChI is InChI=1S/C8H8N2/c1-2-4-8-7(3-1)5-6-9-10-8/h1-4,6,10H,5H2. The molecule has 0 radical (unpaired) electrons. The second-order valence-corrected chi connectivity index (χ2v) is 2.28. The molecule has 50 valence electrons. The number of benzene rings is 1. The molecule has 2 nitrogen and oxygen atoms in total. The molecule has 1 aliphatic rings. The molecule has 0 saturated carbocycles. The first-order chi connectivity index (χ1) is 4.97. The first-order valence-electron chi connectivity index (χ1n) is 3.32. The van der Waals surface area contributed by atoms with Crippen molar-refractivity contribution in [3.63, 3.8) is 0 Å². The molecular weight excluding hydrogens is 124 g/mol. The Hall–Kier alpha value is -1.31. The minimum absolute atomic E-state index is 0.948. The molecule has 0 aliphatic carbocycles. The topological polar surface area (TPSA) is 24.4 Å². The number of para-hydroxylation sites is 1. The van der Waals surface area contributed by atoms with Crippen molar-refractivity contribution in [3.8, 4) is 0 Å². The van der Waals surface area contributed by atoms with Gasteiger partial charge in [-0.15, -0.1) is 0 Å². The Balaban J connectivity index is 2.47. The molecule has 0 atom stereocenters. The molecule has 1 aromatic rings. The summed E-state index contributed by atoms with van der Waals surface area (Å²) >= 11 is 0. The Morgan fingerprint density at radius 2 is 2.20 bits per heavy atom. The lowest BCUT2D eigenvalue weighted by Crippen LogP contribution is -2.02. The fourth-order valence-corrected chi connectivity index (χ4v) is 1.07. The highest BCUT2D eigenvalue weighted by Crippen LogP contribution is 2.16. The molecule has 2 rings (SSSR count). The maximum Gasteiger partial charge on any atom is 0.0597 e. The van der Waals surface area contributed by atoms with Gasteiger partial charge in [0.1, 0.15) is 0 Å². The Bertz CT molecular complexity index is 239. The van der Waals surface area contributed by atoms with Crippen LogP contribution in [-0.2, 0) is 6.42 Å². The number of hydrogen-bond acceptors (Lipinski definition) is 2. The van der Waals surface area contributed by atoms with E-state index in [1.807, 2.05) is 24.4 Å². The van der Waals surface area contributed by atoms with Crippen molar-refractivity contribution in [1.29, 1.82) is 0 Å². The number of rotatable bonds is 0. The van der Waals surface area contributed by atoms with E-state index in [2.05, 4.69) is 16.6 Å². The van der Waals surface area contributed by atoms with E-state index in [9.17, 15) is 0 Å². The van der Waals surface area contributed by atoms with E-state index in [0.717, 1.165) is 12.1 Å². The fraction of sp³-hybridized carbons (Fsp3) is 0.125. The molecule has 1 heterocycles. The summed E-state index contributed by atoms with van der Waals surface area (Å²) in [5.74, 6) is 0. The third-order valence-corrected chi connectivity index (χ3v) is 1.60. The van der Waals surface area contributed by atoms with Gasteiger partial charge in [0.15, 0.2) is 0 Å². The Labute approximate surface area is 59.6 Å². The van der Waals surface area contributed by atoms with E-state index < -0.39 is 0 Å². The molecule has 0 saturated heterocycles. The van der Waals surface area contributed by atoms with Gasteiger partial charge >= 0.3 is 0 Å². The van der Waals surface area contributed by atoms with E-state index in [1.54, 1.807) is 0 Å². The molecule has 1 aliphatic heterocycles. The van der Waals surface area contributed by atoms with Gasteiger partial charge in [-0.1, -0.05) is 18.2 Å². The van der Waals surface area contributed by atoms with Gasteiger partial charge in [0.05, 0.1) is 5.69 Å². The average molecular weight is 132 g/mol. The highest BCUT2D eigenvalue weighted by Gasteiger charge is 2.01. The van der Waals surface area contributed by atoms with Crippen LogP contribution in [0.3, 0.4) is 0 Å². The summed E-state index contributed by atoms with van der Waals surface area (Å²) in [6.07, 6.45) is 2.82. The van der Waals surface area contributed by atoms with Gasteiger partial charge in [-0.05, 0) is 11.6 Å². The minimum atomic E-state index is 0.948. The largest absolute Gasteiger partial charge is 0.279 e. The molecule has 0 fully saturated rings. The molecule has 2 heteroatoms. The quantitative estimate of drug-likeness (QED) is 0.570. The van der Waals surface area contributed by atoms with E-state index in [-0.39, 0.29) is 0 Å². The van der Waals surface area contributed by atoms with E-state index in [4.69, 9.17) is 0 Å². The maximum atomic E-state index is 3.94. The lowest BCUT2D eigenvalue weighted by atomic mass is 10.1. The third-order valence-electron chi connectivity index (χ3n) is 1.60. The molecular formula is C8H8N2.